The van der Waals surface area contributed by atoms with Crippen LogP contribution in [0, 0.1) is 11.3 Å². The molecule has 0 unspecified atom stereocenters. The predicted octanol–water partition coefficient (Wildman–Crippen LogP) is 4.08. The molecule has 1 N–H and O–H groups in total. The zero-order valence-corrected chi connectivity index (χ0v) is 18.6. The second-order valence-electron chi connectivity index (χ2n) is 7.59. The summed E-state index contributed by atoms with van der Waals surface area (Å²) in [5.74, 6) is -0.345. The molecular weight excluding hydrogens is 434 g/mol. The molecule has 1 aromatic carbocycles. The molecule has 0 saturated carbocycles. The van der Waals surface area contributed by atoms with Gasteiger partial charge in [-0.1, -0.05) is 30.3 Å². The Morgan fingerprint density at radius 3 is 2.06 bits per heavy atom. The molecule has 0 fully saturated rings. The van der Waals surface area contributed by atoms with Gasteiger partial charge in [0.15, 0.2) is 0 Å². The van der Waals surface area contributed by atoms with Gasteiger partial charge in [-0.2, -0.15) is 5.26 Å². The van der Waals surface area contributed by atoms with Crippen LogP contribution in [0.2, 0.25) is 0 Å². The number of nitrogens with zero attached hydrogens (tertiary/aromatic N) is 4. The first-order valence-corrected chi connectivity index (χ1v) is 12.1. The summed E-state index contributed by atoms with van der Waals surface area (Å²) in [7, 11) is -3.50. The van der Waals surface area contributed by atoms with Crippen LogP contribution in [0.4, 0.5) is 5.82 Å². The normalized spacial score (nSPS) is 12.2. The van der Waals surface area contributed by atoms with Gasteiger partial charge in [0.05, 0.1) is 23.6 Å². The second-order valence-corrected chi connectivity index (χ2v) is 9.34. The number of nitriles is 1. The van der Waals surface area contributed by atoms with Gasteiger partial charge in [-0.25, -0.2) is 13.4 Å². The third-order valence-electron chi connectivity index (χ3n) is 5.17. The Bertz CT molecular complexity index is 1350. The maximum atomic E-state index is 11.8. The quantitative estimate of drug-likeness (QED) is 0.450. The Balaban J connectivity index is 1.95. The summed E-state index contributed by atoms with van der Waals surface area (Å²) >= 11 is 0. The lowest BCUT2D eigenvalue weighted by Gasteiger charge is -2.28. The average molecular weight is 456 g/mol. The number of benzene rings is 1. The van der Waals surface area contributed by atoms with Crippen molar-refractivity contribution in [1.29, 1.82) is 5.26 Å². The third kappa shape index (κ3) is 5.40. The highest BCUT2D eigenvalue weighted by molar-refractivity contribution is 7.92. The maximum Gasteiger partial charge on any atom is 0.230 e. The summed E-state index contributed by atoms with van der Waals surface area (Å²) in [5, 5.41) is 9.50. The molecule has 1 atom stereocenters. The standard InChI is InChI=1S/C25H21N5O2S/c1-33(31,32)30-23-11-3-10-22(29-23)25(19-7-2-6-18(14-19)15-26)24(20-8-4-12-27-16-20)21-9-5-13-28-17-21/h2-14,16-17,24-25H,1H3,(H,29,30)/t25-/m0/s1. The SMILES string of the molecule is CS(=O)(=O)Nc1cccc([C@H](c2cccc(C#N)c2)C(c2cccnc2)c2cccnc2)n1. The van der Waals surface area contributed by atoms with E-state index in [9.17, 15) is 13.7 Å². The van der Waals surface area contributed by atoms with E-state index in [0.29, 0.717) is 11.3 Å². The van der Waals surface area contributed by atoms with Crippen molar-refractivity contribution in [3.8, 4) is 6.07 Å². The highest BCUT2D eigenvalue weighted by atomic mass is 32.2. The zero-order valence-electron chi connectivity index (χ0n) is 17.8. The van der Waals surface area contributed by atoms with Gasteiger partial charge in [0.1, 0.15) is 5.82 Å². The molecule has 0 bridgehead atoms. The predicted molar refractivity (Wildman–Crippen MR) is 126 cm³/mol. The number of rotatable bonds is 7. The molecular formula is C25H21N5O2S. The number of anilines is 1. The Morgan fingerprint density at radius 2 is 1.48 bits per heavy atom. The fraction of sp³-hybridized carbons (Fsp3) is 0.120. The van der Waals surface area contributed by atoms with Crippen LogP contribution in [0.25, 0.3) is 0 Å². The van der Waals surface area contributed by atoms with Crippen LogP contribution in [0.1, 0.15) is 39.8 Å². The summed E-state index contributed by atoms with van der Waals surface area (Å²) in [6.07, 6.45) is 8.12. The van der Waals surface area contributed by atoms with Gasteiger partial charge >= 0.3 is 0 Å². The fourth-order valence-corrected chi connectivity index (χ4v) is 4.40. The minimum atomic E-state index is -3.50. The molecule has 8 heteroatoms. The van der Waals surface area contributed by atoms with Crippen molar-refractivity contribution in [3.05, 3.63) is 119 Å². The molecule has 3 aromatic heterocycles. The van der Waals surface area contributed by atoms with E-state index in [1.165, 1.54) is 0 Å². The van der Waals surface area contributed by atoms with Crippen LogP contribution in [0.3, 0.4) is 0 Å². The van der Waals surface area contributed by atoms with Gasteiger partial charge in [0.25, 0.3) is 0 Å². The van der Waals surface area contributed by atoms with E-state index in [-0.39, 0.29) is 17.7 Å². The maximum absolute atomic E-state index is 11.8. The van der Waals surface area contributed by atoms with Crippen LogP contribution < -0.4 is 4.72 Å². The van der Waals surface area contributed by atoms with Crippen molar-refractivity contribution in [2.45, 2.75) is 11.8 Å². The minimum absolute atomic E-state index is 0.229. The van der Waals surface area contributed by atoms with Gasteiger partial charge in [-0.15, -0.1) is 0 Å². The molecule has 4 aromatic rings. The van der Waals surface area contributed by atoms with E-state index in [1.807, 2.05) is 48.5 Å². The average Bonchev–Trinajstić information content (AvgIpc) is 2.82. The van der Waals surface area contributed by atoms with E-state index in [2.05, 4.69) is 25.7 Å². The molecule has 0 radical (unpaired) electrons. The summed E-state index contributed by atoms with van der Waals surface area (Å²) in [4.78, 5) is 13.3. The Morgan fingerprint density at radius 1 is 0.848 bits per heavy atom. The van der Waals surface area contributed by atoms with E-state index in [1.54, 1.807) is 43.0 Å². The zero-order chi connectivity index (χ0) is 23.3. The summed E-state index contributed by atoms with van der Waals surface area (Å²) in [6, 6.07) is 22.5. The number of sulfonamides is 1. The highest BCUT2D eigenvalue weighted by Gasteiger charge is 2.30. The Labute approximate surface area is 192 Å². The van der Waals surface area contributed by atoms with Gasteiger partial charge in [-0.05, 0) is 53.1 Å². The molecule has 164 valence electrons. The Kier molecular flexibility index (Phi) is 6.43. The molecule has 4 rings (SSSR count). The molecule has 0 aliphatic carbocycles. The van der Waals surface area contributed by atoms with Crippen LogP contribution in [-0.4, -0.2) is 29.6 Å². The van der Waals surface area contributed by atoms with E-state index in [0.717, 1.165) is 22.9 Å². The minimum Gasteiger partial charge on any atom is -0.268 e. The highest BCUT2D eigenvalue weighted by Crippen LogP contribution is 2.42. The van der Waals surface area contributed by atoms with Crippen molar-refractivity contribution in [3.63, 3.8) is 0 Å². The second kappa shape index (κ2) is 9.59. The largest absolute Gasteiger partial charge is 0.268 e. The van der Waals surface area contributed by atoms with Crippen LogP contribution in [0.15, 0.2) is 91.5 Å². The topological polar surface area (TPSA) is 109 Å². The molecule has 7 nitrogen and oxygen atoms in total. The van der Waals surface area contributed by atoms with E-state index < -0.39 is 10.0 Å². The number of hydrogen-bond donors (Lipinski definition) is 1. The first-order valence-electron chi connectivity index (χ1n) is 10.2. The summed E-state index contributed by atoms with van der Waals surface area (Å²) in [5.41, 5.74) is 3.94. The molecule has 0 saturated heterocycles. The fourth-order valence-electron chi connectivity index (χ4n) is 3.90. The first-order chi connectivity index (χ1) is 15.9. The molecule has 0 amide bonds. The van der Waals surface area contributed by atoms with Crippen molar-refractivity contribution in [2.75, 3.05) is 11.0 Å². The van der Waals surface area contributed by atoms with Gasteiger partial charge in [0, 0.05) is 36.6 Å². The van der Waals surface area contributed by atoms with E-state index >= 15 is 0 Å². The first kappa shape index (κ1) is 22.1. The van der Waals surface area contributed by atoms with Crippen LogP contribution in [0.5, 0.6) is 0 Å². The summed E-state index contributed by atoms with van der Waals surface area (Å²) in [6.45, 7) is 0. The molecule has 3 heterocycles. The number of nitrogens with one attached hydrogen (secondary N) is 1. The van der Waals surface area contributed by atoms with Gasteiger partial charge in [-0.3, -0.25) is 14.7 Å². The lowest BCUT2D eigenvalue weighted by Crippen LogP contribution is -2.18. The lowest BCUT2D eigenvalue weighted by atomic mass is 9.76. The van der Waals surface area contributed by atoms with Crippen molar-refractivity contribution in [1.82, 2.24) is 15.0 Å². The molecule has 0 aliphatic rings. The van der Waals surface area contributed by atoms with Crippen molar-refractivity contribution >= 4 is 15.8 Å². The Hall–Kier alpha value is -4.09. The van der Waals surface area contributed by atoms with Crippen molar-refractivity contribution < 1.29 is 8.42 Å². The molecule has 0 aliphatic heterocycles. The molecule has 0 spiro atoms. The monoisotopic (exact) mass is 455 g/mol. The number of pyridine rings is 3. The number of hydrogen-bond acceptors (Lipinski definition) is 6. The summed E-state index contributed by atoms with van der Waals surface area (Å²) < 4.78 is 26.1. The van der Waals surface area contributed by atoms with Crippen LogP contribution >= 0.6 is 0 Å². The number of aromatic nitrogens is 3. The van der Waals surface area contributed by atoms with Crippen molar-refractivity contribution in [2.24, 2.45) is 0 Å². The lowest BCUT2D eigenvalue weighted by molar-refractivity contribution is 0.606. The van der Waals surface area contributed by atoms with Gasteiger partial charge in [0.2, 0.25) is 10.0 Å². The smallest absolute Gasteiger partial charge is 0.230 e. The molecule has 33 heavy (non-hydrogen) atoms. The third-order valence-corrected chi connectivity index (χ3v) is 5.75. The van der Waals surface area contributed by atoms with Crippen LogP contribution in [-0.2, 0) is 10.0 Å². The van der Waals surface area contributed by atoms with Gasteiger partial charge < -0.3 is 0 Å². The van der Waals surface area contributed by atoms with E-state index in [4.69, 9.17) is 0 Å².